The first kappa shape index (κ1) is 20.8. The van der Waals surface area contributed by atoms with Gasteiger partial charge in [0.25, 0.3) is 0 Å². The van der Waals surface area contributed by atoms with E-state index >= 15 is 0 Å². The molecule has 0 unspecified atom stereocenters. The second-order valence-electron chi connectivity index (χ2n) is 7.54. The zero-order chi connectivity index (χ0) is 22.8. The summed E-state index contributed by atoms with van der Waals surface area (Å²) in [7, 11) is 5.03. The average Bonchev–Trinajstić information content (AvgIpc) is 3.37. The molecule has 4 aromatic carbocycles. The van der Waals surface area contributed by atoms with E-state index in [0.29, 0.717) is 11.5 Å². The molecular weight excluding hydrogens is 416 g/mol. The Morgan fingerprint density at radius 2 is 1.42 bits per heavy atom. The maximum Gasteiger partial charge on any atom is 0.231 e. The van der Waals surface area contributed by atoms with Crippen molar-refractivity contribution in [1.82, 2.24) is 0 Å². The molecule has 0 radical (unpaired) electrons. The van der Waals surface area contributed by atoms with E-state index in [1.807, 2.05) is 60.7 Å². The van der Waals surface area contributed by atoms with Gasteiger partial charge >= 0.3 is 0 Å². The van der Waals surface area contributed by atoms with Crippen LogP contribution in [0.5, 0.6) is 28.7 Å². The van der Waals surface area contributed by atoms with Crippen LogP contribution in [0, 0.1) is 0 Å². The molecule has 0 N–H and O–H groups in total. The molecule has 4 aromatic rings. The normalized spacial score (nSPS) is 11.8. The second kappa shape index (κ2) is 8.79. The lowest BCUT2D eigenvalue weighted by Gasteiger charge is -2.20. The number of para-hydroxylation sites is 2. The van der Waals surface area contributed by atoms with Crippen molar-refractivity contribution in [3.05, 3.63) is 78.9 Å². The Balaban J connectivity index is 1.84. The topological polar surface area (TPSA) is 46.2 Å². The molecule has 0 amide bonds. The Hall–Kier alpha value is -4.12. The third-order valence-corrected chi connectivity index (χ3v) is 5.81. The molecule has 0 atom stereocenters. The number of methoxy groups -OCH3 is 3. The van der Waals surface area contributed by atoms with Gasteiger partial charge < -0.3 is 23.7 Å². The van der Waals surface area contributed by atoms with Gasteiger partial charge in [-0.1, -0.05) is 48.5 Å². The summed E-state index contributed by atoms with van der Waals surface area (Å²) in [4.78, 5) is 0. The Labute approximate surface area is 193 Å². The SMILES string of the molecule is COc1cccc(-c2ccc(-c3ccccc3OC)c(OC)c2-c2cccc3c2OCO3)c1. The number of hydrogen-bond acceptors (Lipinski definition) is 5. The van der Waals surface area contributed by atoms with Crippen molar-refractivity contribution < 1.29 is 23.7 Å². The zero-order valence-corrected chi connectivity index (χ0v) is 18.8. The summed E-state index contributed by atoms with van der Waals surface area (Å²) in [6.07, 6.45) is 0. The molecule has 5 heteroatoms. The largest absolute Gasteiger partial charge is 0.497 e. The van der Waals surface area contributed by atoms with E-state index in [1.165, 1.54) is 0 Å². The summed E-state index contributed by atoms with van der Waals surface area (Å²) in [6, 6.07) is 26.0. The predicted octanol–water partition coefficient (Wildman–Crippen LogP) is 6.44. The lowest BCUT2D eigenvalue weighted by molar-refractivity contribution is 0.174. The molecule has 1 aliphatic rings. The molecule has 166 valence electrons. The summed E-state index contributed by atoms with van der Waals surface area (Å²) in [6.45, 7) is 0.190. The Bertz CT molecular complexity index is 1310. The van der Waals surface area contributed by atoms with Gasteiger partial charge in [-0.25, -0.2) is 0 Å². The van der Waals surface area contributed by atoms with Crippen molar-refractivity contribution in [1.29, 1.82) is 0 Å². The Morgan fingerprint density at radius 3 is 2.24 bits per heavy atom. The number of ether oxygens (including phenoxy) is 5. The molecule has 0 spiro atoms. The molecule has 5 nitrogen and oxygen atoms in total. The molecule has 33 heavy (non-hydrogen) atoms. The van der Waals surface area contributed by atoms with Crippen LogP contribution in [-0.4, -0.2) is 28.1 Å². The predicted molar refractivity (Wildman–Crippen MR) is 129 cm³/mol. The van der Waals surface area contributed by atoms with Gasteiger partial charge in [-0.3, -0.25) is 0 Å². The molecule has 0 fully saturated rings. The second-order valence-corrected chi connectivity index (χ2v) is 7.54. The van der Waals surface area contributed by atoms with Crippen LogP contribution in [0.3, 0.4) is 0 Å². The van der Waals surface area contributed by atoms with E-state index in [1.54, 1.807) is 21.3 Å². The molecular formula is C28H24O5. The maximum absolute atomic E-state index is 6.08. The van der Waals surface area contributed by atoms with Crippen LogP contribution >= 0.6 is 0 Å². The zero-order valence-electron chi connectivity index (χ0n) is 18.8. The lowest BCUT2D eigenvalue weighted by Crippen LogP contribution is -1.98. The van der Waals surface area contributed by atoms with Gasteiger partial charge in [0.15, 0.2) is 11.5 Å². The molecule has 0 aromatic heterocycles. The van der Waals surface area contributed by atoms with Crippen LogP contribution in [0.15, 0.2) is 78.9 Å². The number of hydrogen-bond donors (Lipinski definition) is 0. The highest BCUT2D eigenvalue weighted by molar-refractivity contribution is 5.96. The third kappa shape index (κ3) is 3.61. The van der Waals surface area contributed by atoms with E-state index in [4.69, 9.17) is 23.7 Å². The van der Waals surface area contributed by atoms with Crippen molar-refractivity contribution in [3.63, 3.8) is 0 Å². The Kier molecular flexibility index (Phi) is 5.53. The quantitative estimate of drug-likeness (QED) is 0.345. The Morgan fingerprint density at radius 1 is 0.636 bits per heavy atom. The fourth-order valence-corrected chi connectivity index (χ4v) is 4.30. The van der Waals surface area contributed by atoms with Gasteiger partial charge in [0.2, 0.25) is 6.79 Å². The van der Waals surface area contributed by atoms with E-state index in [0.717, 1.165) is 50.6 Å². The molecule has 1 aliphatic heterocycles. The fraction of sp³-hybridized carbons (Fsp3) is 0.143. The van der Waals surface area contributed by atoms with Gasteiger partial charge in [0, 0.05) is 22.3 Å². The van der Waals surface area contributed by atoms with E-state index < -0.39 is 0 Å². The summed E-state index contributed by atoms with van der Waals surface area (Å²) in [5.74, 6) is 3.70. The summed E-state index contributed by atoms with van der Waals surface area (Å²) < 4.78 is 28.8. The number of benzene rings is 4. The van der Waals surface area contributed by atoms with E-state index in [2.05, 4.69) is 18.2 Å². The van der Waals surface area contributed by atoms with Crippen molar-refractivity contribution in [2.45, 2.75) is 0 Å². The van der Waals surface area contributed by atoms with Crippen LogP contribution in [0.1, 0.15) is 0 Å². The molecule has 0 bridgehead atoms. The van der Waals surface area contributed by atoms with Crippen molar-refractivity contribution >= 4 is 0 Å². The van der Waals surface area contributed by atoms with Crippen molar-refractivity contribution in [2.75, 3.05) is 28.1 Å². The minimum Gasteiger partial charge on any atom is -0.497 e. The first-order chi connectivity index (χ1) is 16.2. The molecule has 1 heterocycles. The number of fused-ring (bicyclic) bond motifs is 1. The summed E-state index contributed by atoms with van der Waals surface area (Å²) >= 11 is 0. The van der Waals surface area contributed by atoms with Gasteiger partial charge in [0.1, 0.15) is 17.2 Å². The van der Waals surface area contributed by atoms with Gasteiger partial charge in [0.05, 0.1) is 21.3 Å². The highest BCUT2D eigenvalue weighted by Gasteiger charge is 2.26. The van der Waals surface area contributed by atoms with Crippen LogP contribution in [0.4, 0.5) is 0 Å². The van der Waals surface area contributed by atoms with Crippen LogP contribution in [0.2, 0.25) is 0 Å². The molecule has 0 saturated carbocycles. The van der Waals surface area contributed by atoms with Gasteiger partial charge in [-0.05, 0) is 41.5 Å². The third-order valence-electron chi connectivity index (χ3n) is 5.81. The first-order valence-corrected chi connectivity index (χ1v) is 10.6. The maximum atomic E-state index is 6.08. The summed E-state index contributed by atoms with van der Waals surface area (Å²) in [5, 5.41) is 0. The minimum absolute atomic E-state index is 0.190. The van der Waals surface area contributed by atoms with Gasteiger partial charge in [-0.2, -0.15) is 0 Å². The highest BCUT2D eigenvalue weighted by atomic mass is 16.7. The minimum atomic E-state index is 0.190. The van der Waals surface area contributed by atoms with E-state index in [-0.39, 0.29) is 6.79 Å². The van der Waals surface area contributed by atoms with Crippen molar-refractivity contribution in [3.8, 4) is 62.1 Å². The molecule has 0 aliphatic carbocycles. The van der Waals surface area contributed by atoms with E-state index in [9.17, 15) is 0 Å². The standard InChI is InChI=1S/C28H24O5/c1-29-19-9-6-8-18(16-19)20-14-15-22(21-10-4-5-12-24(21)30-2)28(31-3)26(20)23-11-7-13-25-27(23)33-17-32-25/h4-16H,17H2,1-3H3. The molecule has 0 saturated heterocycles. The number of rotatable bonds is 6. The monoisotopic (exact) mass is 440 g/mol. The average molecular weight is 440 g/mol. The highest BCUT2D eigenvalue weighted by Crippen LogP contribution is 2.51. The van der Waals surface area contributed by atoms with Crippen LogP contribution < -0.4 is 23.7 Å². The van der Waals surface area contributed by atoms with Crippen LogP contribution in [0.25, 0.3) is 33.4 Å². The van der Waals surface area contributed by atoms with Gasteiger partial charge in [-0.15, -0.1) is 0 Å². The fourth-order valence-electron chi connectivity index (χ4n) is 4.30. The lowest BCUT2D eigenvalue weighted by atomic mass is 9.89. The van der Waals surface area contributed by atoms with Crippen molar-refractivity contribution in [2.24, 2.45) is 0 Å². The van der Waals surface area contributed by atoms with Crippen LogP contribution in [-0.2, 0) is 0 Å². The first-order valence-electron chi connectivity index (χ1n) is 10.6. The molecule has 5 rings (SSSR count). The smallest absolute Gasteiger partial charge is 0.231 e. The summed E-state index contributed by atoms with van der Waals surface area (Å²) in [5.41, 5.74) is 5.68.